The Bertz CT molecular complexity index is 251. The van der Waals surface area contributed by atoms with Gasteiger partial charge in [0.15, 0.2) is 5.78 Å². The number of esters is 1. The second kappa shape index (κ2) is 3.69. The lowest BCUT2D eigenvalue weighted by Crippen LogP contribution is -2.35. The summed E-state index contributed by atoms with van der Waals surface area (Å²) in [4.78, 5) is 22.7. The van der Waals surface area contributed by atoms with Crippen LogP contribution in [0.4, 0.5) is 0 Å². The summed E-state index contributed by atoms with van der Waals surface area (Å²) in [5, 5.41) is 0. The van der Waals surface area contributed by atoms with Gasteiger partial charge in [0.05, 0.1) is 6.10 Å². The fourth-order valence-electron chi connectivity index (χ4n) is 1.29. The highest BCUT2D eigenvalue weighted by Crippen LogP contribution is 2.19. The molecule has 0 amide bonds. The molecule has 0 N–H and O–H groups in total. The number of carbonyl (C=O) groups is 2. The van der Waals surface area contributed by atoms with E-state index in [2.05, 4.69) is 0 Å². The first-order valence-corrected chi connectivity index (χ1v) is 4.70. The number of ketones is 1. The molecule has 0 radical (unpaired) electrons. The first-order valence-electron chi connectivity index (χ1n) is 4.70. The van der Waals surface area contributed by atoms with Gasteiger partial charge in [-0.15, -0.1) is 0 Å². The number of Topliss-reactive ketones (excluding diaryl/α,β-unsaturated/α-hetero) is 1. The third-order valence-corrected chi connectivity index (χ3v) is 1.77. The first-order chi connectivity index (χ1) is 6.29. The van der Waals surface area contributed by atoms with Crippen molar-refractivity contribution >= 4 is 11.8 Å². The van der Waals surface area contributed by atoms with Gasteiger partial charge in [0.25, 0.3) is 0 Å². The summed E-state index contributed by atoms with van der Waals surface area (Å²) in [6.07, 6.45) is -0.895. The quantitative estimate of drug-likeness (QED) is 0.469. The number of hydrogen-bond donors (Lipinski definition) is 0. The lowest BCUT2D eigenvalue weighted by atomic mass is 10.1. The van der Waals surface area contributed by atoms with Crippen molar-refractivity contribution in [2.24, 2.45) is 0 Å². The van der Waals surface area contributed by atoms with Crippen LogP contribution in [0.15, 0.2) is 0 Å². The maximum Gasteiger partial charge on any atom is 0.343 e. The highest BCUT2D eigenvalue weighted by atomic mass is 16.6. The number of ether oxygens (including phenoxy) is 2. The smallest absolute Gasteiger partial charge is 0.343 e. The van der Waals surface area contributed by atoms with Crippen LogP contribution in [-0.2, 0) is 19.1 Å². The van der Waals surface area contributed by atoms with Crippen molar-refractivity contribution in [3.05, 3.63) is 0 Å². The predicted molar refractivity (Wildman–Crippen MR) is 49.8 cm³/mol. The Balaban J connectivity index is 2.58. The van der Waals surface area contributed by atoms with E-state index in [4.69, 9.17) is 9.47 Å². The van der Waals surface area contributed by atoms with Crippen LogP contribution in [-0.4, -0.2) is 29.6 Å². The monoisotopic (exact) mass is 200 g/mol. The normalized spacial score (nSPS) is 27.9. The first kappa shape index (κ1) is 11.2. The largest absolute Gasteiger partial charge is 0.458 e. The molecule has 4 heteroatoms. The molecule has 2 unspecified atom stereocenters. The summed E-state index contributed by atoms with van der Waals surface area (Å²) < 4.78 is 10.2. The minimum absolute atomic E-state index is 0.181. The molecule has 4 nitrogen and oxygen atoms in total. The maximum atomic E-state index is 11.4. The third-order valence-electron chi connectivity index (χ3n) is 1.77. The summed E-state index contributed by atoms with van der Waals surface area (Å²) in [5.74, 6) is -0.765. The van der Waals surface area contributed by atoms with Crippen molar-refractivity contribution in [1.29, 1.82) is 0 Å². The molecule has 0 bridgehead atoms. The van der Waals surface area contributed by atoms with Crippen molar-refractivity contribution in [1.82, 2.24) is 0 Å². The molecule has 1 aliphatic heterocycles. The fraction of sp³-hybridized carbons (Fsp3) is 0.800. The van der Waals surface area contributed by atoms with E-state index in [1.165, 1.54) is 0 Å². The minimum atomic E-state index is -1.01. The summed E-state index contributed by atoms with van der Waals surface area (Å²) in [5.41, 5.74) is -0.577. The molecule has 1 fully saturated rings. The molecule has 0 aliphatic carbocycles. The van der Waals surface area contributed by atoms with Crippen molar-refractivity contribution < 1.29 is 19.1 Å². The molecule has 0 aromatic carbocycles. The van der Waals surface area contributed by atoms with Gasteiger partial charge in [-0.1, -0.05) is 0 Å². The molecule has 2 atom stereocenters. The summed E-state index contributed by atoms with van der Waals surface area (Å²) in [6.45, 7) is 7.04. The van der Waals surface area contributed by atoms with Gasteiger partial charge < -0.3 is 9.47 Å². The SMILES string of the molecule is CC1CC(=O)C(C(=O)OC(C)(C)C)O1. The second-order valence-electron chi connectivity index (χ2n) is 4.53. The molecular weight excluding hydrogens is 184 g/mol. The van der Waals surface area contributed by atoms with E-state index < -0.39 is 17.7 Å². The van der Waals surface area contributed by atoms with Gasteiger partial charge in [-0.05, 0) is 27.7 Å². The van der Waals surface area contributed by atoms with Gasteiger partial charge in [0.1, 0.15) is 5.60 Å². The molecule has 1 saturated heterocycles. The summed E-state index contributed by atoms with van der Waals surface area (Å²) in [6, 6.07) is 0. The predicted octanol–water partition coefficient (Wildman–Crippen LogP) is 1.07. The van der Waals surface area contributed by atoms with Crippen LogP contribution in [0.25, 0.3) is 0 Å². The van der Waals surface area contributed by atoms with Crippen LogP contribution >= 0.6 is 0 Å². The van der Waals surface area contributed by atoms with Crippen molar-refractivity contribution in [3.63, 3.8) is 0 Å². The van der Waals surface area contributed by atoms with Crippen LogP contribution in [0.1, 0.15) is 34.1 Å². The van der Waals surface area contributed by atoms with E-state index in [1.54, 1.807) is 27.7 Å². The second-order valence-corrected chi connectivity index (χ2v) is 4.53. The van der Waals surface area contributed by atoms with E-state index in [0.717, 1.165) is 0 Å². The molecular formula is C10H16O4. The fourth-order valence-corrected chi connectivity index (χ4v) is 1.29. The summed E-state index contributed by atoms with van der Waals surface area (Å²) in [7, 11) is 0. The Morgan fingerprint density at radius 3 is 2.43 bits per heavy atom. The average molecular weight is 200 g/mol. The van der Waals surface area contributed by atoms with E-state index in [1.807, 2.05) is 0 Å². The number of carbonyl (C=O) groups excluding carboxylic acids is 2. The molecule has 0 aromatic heterocycles. The van der Waals surface area contributed by atoms with Crippen LogP contribution in [0, 0.1) is 0 Å². The van der Waals surface area contributed by atoms with E-state index in [-0.39, 0.29) is 11.9 Å². The molecule has 0 aromatic rings. The van der Waals surface area contributed by atoms with Gasteiger partial charge >= 0.3 is 5.97 Å². The zero-order chi connectivity index (χ0) is 10.9. The van der Waals surface area contributed by atoms with Gasteiger partial charge in [-0.2, -0.15) is 0 Å². The van der Waals surface area contributed by atoms with Gasteiger partial charge in [-0.3, -0.25) is 4.79 Å². The van der Waals surface area contributed by atoms with Crippen molar-refractivity contribution in [3.8, 4) is 0 Å². The Morgan fingerprint density at radius 1 is 1.50 bits per heavy atom. The molecule has 1 heterocycles. The topological polar surface area (TPSA) is 52.6 Å². The number of hydrogen-bond acceptors (Lipinski definition) is 4. The Kier molecular flexibility index (Phi) is 2.95. The Hall–Kier alpha value is -0.900. The van der Waals surface area contributed by atoms with Crippen LogP contribution in [0.2, 0.25) is 0 Å². The molecule has 1 rings (SSSR count). The van der Waals surface area contributed by atoms with Crippen LogP contribution in [0.5, 0.6) is 0 Å². The van der Waals surface area contributed by atoms with Crippen LogP contribution < -0.4 is 0 Å². The third kappa shape index (κ3) is 2.80. The van der Waals surface area contributed by atoms with Crippen LogP contribution in [0.3, 0.4) is 0 Å². The standard InChI is InChI=1S/C10H16O4/c1-6-5-7(11)8(13-6)9(12)14-10(2,3)4/h6,8H,5H2,1-4H3. The van der Waals surface area contributed by atoms with Crippen molar-refractivity contribution in [2.45, 2.75) is 51.9 Å². The van der Waals surface area contributed by atoms with Crippen molar-refractivity contribution in [2.75, 3.05) is 0 Å². The highest BCUT2D eigenvalue weighted by molar-refractivity contribution is 6.03. The highest BCUT2D eigenvalue weighted by Gasteiger charge is 2.39. The molecule has 1 aliphatic rings. The van der Waals surface area contributed by atoms with Gasteiger partial charge in [-0.25, -0.2) is 4.79 Å². The number of rotatable bonds is 1. The van der Waals surface area contributed by atoms with Gasteiger partial charge in [0, 0.05) is 6.42 Å². The zero-order valence-corrected chi connectivity index (χ0v) is 8.99. The zero-order valence-electron chi connectivity index (χ0n) is 8.99. The minimum Gasteiger partial charge on any atom is -0.458 e. The Labute approximate surface area is 83.6 Å². The lowest BCUT2D eigenvalue weighted by molar-refractivity contribution is -0.168. The molecule has 80 valence electrons. The van der Waals surface area contributed by atoms with E-state index in [9.17, 15) is 9.59 Å². The molecule has 0 saturated carbocycles. The summed E-state index contributed by atoms with van der Waals surface area (Å²) >= 11 is 0. The molecule has 0 spiro atoms. The van der Waals surface area contributed by atoms with E-state index >= 15 is 0 Å². The maximum absolute atomic E-state index is 11.4. The Morgan fingerprint density at radius 2 is 2.07 bits per heavy atom. The van der Waals surface area contributed by atoms with E-state index in [0.29, 0.717) is 6.42 Å². The average Bonchev–Trinajstić information content (AvgIpc) is 2.26. The lowest BCUT2D eigenvalue weighted by Gasteiger charge is -2.21. The van der Waals surface area contributed by atoms with Gasteiger partial charge in [0.2, 0.25) is 6.10 Å². The molecule has 14 heavy (non-hydrogen) atoms.